The van der Waals surface area contributed by atoms with Crippen molar-refractivity contribution in [3.05, 3.63) is 23.8 Å². The number of hydrogen-bond acceptors (Lipinski definition) is 5. The first kappa shape index (κ1) is 23.3. The van der Waals surface area contributed by atoms with Gasteiger partial charge in [0.1, 0.15) is 0 Å². The van der Waals surface area contributed by atoms with Crippen LogP contribution < -0.4 is 21.1 Å². The van der Waals surface area contributed by atoms with Crippen LogP contribution in [-0.2, 0) is 19.6 Å². The Morgan fingerprint density at radius 1 is 1.24 bits per heavy atom. The highest BCUT2D eigenvalue weighted by molar-refractivity contribution is 7.89. The maximum absolute atomic E-state index is 12.0. The van der Waals surface area contributed by atoms with Crippen molar-refractivity contribution in [3.63, 3.8) is 0 Å². The minimum atomic E-state index is -3.62. The first-order chi connectivity index (χ1) is 11.1. The highest BCUT2D eigenvalue weighted by atomic mass is 35.5. The van der Waals surface area contributed by atoms with Crippen molar-refractivity contribution in [1.82, 2.24) is 10.0 Å². The summed E-state index contributed by atoms with van der Waals surface area (Å²) in [5.74, 6) is -0.927. The smallest absolute Gasteiger partial charge is 0.243 e. The van der Waals surface area contributed by atoms with Crippen LogP contribution in [0.2, 0.25) is 0 Å². The summed E-state index contributed by atoms with van der Waals surface area (Å²) in [7, 11) is -2.31. The predicted molar refractivity (Wildman–Crippen MR) is 99.1 cm³/mol. The zero-order chi connectivity index (χ0) is 18.5. The largest absolute Gasteiger partial charge is 0.346 e. The van der Waals surface area contributed by atoms with E-state index in [0.717, 1.165) is 0 Å². The average molecular weight is 393 g/mol. The Balaban J connectivity index is 0.00000576. The minimum Gasteiger partial charge on any atom is -0.346 e. The highest BCUT2D eigenvalue weighted by Gasteiger charge is 2.19. The van der Waals surface area contributed by atoms with Crippen molar-refractivity contribution >= 4 is 39.9 Å². The van der Waals surface area contributed by atoms with E-state index in [1.54, 1.807) is 26.8 Å². The number of benzene rings is 1. The van der Waals surface area contributed by atoms with Gasteiger partial charge < -0.3 is 16.4 Å². The van der Waals surface area contributed by atoms with Crippen LogP contribution in [0, 0.1) is 12.8 Å². The molecule has 1 aromatic carbocycles. The van der Waals surface area contributed by atoms with Crippen LogP contribution in [-0.4, -0.2) is 39.9 Å². The molecule has 2 amide bonds. The molecule has 142 valence electrons. The molecule has 0 saturated carbocycles. The lowest BCUT2D eigenvalue weighted by Gasteiger charge is -2.16. The van der Waals surface area contributed by atoms with E-state index in [4.69, 9.17) is 5.73 Å². The number of amides is 2. The van der Waals surface area contributed by atoms with Crippen molar-refractivity contribution in [3.8, 4) is 0 Å². The molecule has 1 rings (SSSR count). The third kappa shape index (κ3) is 6.28. The SMILES string of the molecule is CNS(=O)(=O)c1cccc(NC(=O)CNC(=O)[C@@H](N)C(C)C)c1C.Cl. The molecule has 0 spiro atoms. The van der Waals surface area contributed by atoms with Gasteiger partial charge in [0.05, 0.1) is 17.5 Å². The van der Waals surface area contributed by atoms with Crippen LogP contribution >= 0.6 is 12.4 Å². The van der Waals surface area contributed by atoms with Crippen molar-refractivity contribution < 1.29 is 18.0 Å². The van der Waals surface area contributed by atoms with Crippen molar-refractivity contribution in [2.24, 2.45) is 11.7 Å². The molecular weight excluding hydrogens is 368 g/mol. The van der Waals surface area contributed by atoms with Crippen LogP contribution in [0.4, 0.5) is 5.69 Å². The molecule has 1 aromatic rings. The zero-order valence-corrected chi connectivity index (χ0v) is 16.3. The zero-order valence-electron chi connectivity index (χ0n) is 14.6. The Kier molecular flexibility index (Phi) is 9.06. The number of halogens is 1. The number of carbonyl (C=O) groups is 2. The lowest BCUT2D eigenvalue weighted by molar-refractivity contribution is -0.125. The van der Waals surface area contributed by atoms with E-state index < -0.39 is 27.9 Å². The summed E-state index contributed by atoms with van der Waals surface area (Å²) in [5.41, 5.74) is 6.46. The number of nitrogens with one attached hydrogen (secondary N) is 3. The molecule has 0 fully saturated rings. The molecule has 0 aromatic heterocycles. The Hall–Kier alpha value is -1.68. The van der Waals surface area contributed by atoms with Crippen LogP contribution in [0.3, 0.4) is 0 Å². The molecule has 25 heavy (non-hydrogen) atoms. The minimum absolute atomic E-state index is 0. The van der Waals surface area contributed by atoms with Gasteiger partial charge in [-0.3, -0.25) is 9.59 Å². The van der Waals surface area contributed by atoms with Gasteiger partial charge in [0, 0.05) is 5.69 Å². The molecule has 0 bridgehead atoms. The molecule has 0 radical (unpaired) electrons. The predicted octanol–water partition coefficient (Wildman–Crippen LogP) is 0.363. The Morgan fingerprint density at radius 2 is 1.84 bits per heavy atom. The van der Waals surface area contributed by atoms with Crippen LogP contribution in [0.5, 0.6) is 0 Å². The Labute approximate surface area is 154 Å². The average Bonchev–Trinajstić information content (AvgIpc) is 2.53. The fourth-order valence-electron chi connectivity index (χ4n) is 1.93. The van der Waals surface area contributed by atoms with Gasteiger partial charge >= 0.3 is 0 Å². The molecule has 0 aliphatic carbocycles. The standard InChI is InChI=1S/C15H24N4O4S.ClH/c1-9(2)14(16)15(21)18-8-13(20)19-11-6-5-7-12(10(11)3)24(22,23)17-4;/h5-7,9,14,17H,8,16H2,1-4H3,(H,18,21)(H,19,20);1H/t14-;/m0./s1. The molecule has 10 heteroatoms. The maximum Gasteiger partial charge on any atom is 0.243 e. The van der Waals surface area contributed by atoms with Crippen molar-refractivity contribution in [2.45, 2.75) is 31.7 Å². The number of sulfonamides is 1. The molecule has 1 atom stereocenters. The second-order valence-corrected chi connectivity index (χ2v) is 7.53. The van der Waals surface area contributed by atoms with Gasteiger partial charge in [-0.1, -0.05) is 19.9 Å². The van der Waals surface area contributed by atoms with Crippen molar-refractivity contribution in [2.75, 3.05) is 18.9 Å². The van der Waals surface area contributed by atoms with E-state index in [1.165, 1.54) is 19.2 Å². The monoisotopic (exact) mass is 392 g/mol. The van der Waals surface area contributed by atoms with Gasteiger partial charge in [-0.05, 0) is 37.6 Å². The number of hydrogen-bond donors (Lipinski definition) is 4. The number of rotatable bonds is 7. The van der Waals surface area contributed by atoms with E-state index in [-0.39, 0.29) is 29.8 Å². The topological polar surface area (TPSA) is 130 Å². The second-order valence-electron chi connectivity index (χ2n) is 5.67. The fraction of sp³-hybridized carbons (Fsp3) is 0.467. The van der Waals surface area contributed by atoms with Crippen LogP contribution in [0.1, 0.15) is 19.4 Å². The summed E-state index contributed by atoms with van der Waals surface area (Å²) >= 11 is 0. The lowest BCUT2D eigenvalue weighted by Crippen LogP contribution is -2.46. The number of carbonyl (C=O) groups excluding carboxylic acids is 2. The molecule has 0 unspecified atom stereocenters. The Morgan fingerprint density at radius 3 is 2.36 bits per heavy atom. The summed E-state index contributed by atoms with van der Waals surface area (Å²) < 4.78 is 26.1. The van der Waals surface area contributed by atoms with Gasteiger partial charge in [-0.15, -0.1) is 12.4 Å². The third-order valence-electron chi connectivity index (χ3n) is 3.56. The fourth-order valence-corrected chi connectivity index (χ4v) is 2.92. The molecule has 0 heterocycles. The quantitative estimate of drug-likeness (QED) is 0.532. The molecular formula is C15H25ClN4O4S. The summed E-state index contributed by atoms with van der Waals surface area (Å²) in [4.78, 5) is 23.8. The number of nitrogens with two attached hydrogens (primary N) is 1. The van der Waals surface area contributed by atoms with E-state index >= 15 is 0 Å². The molecule has 0 saturated heterocycles. The van der Waals surface area contributed by atoms with E-state index in [2.05, 4.69) is 15.4 Å². The normalized spacial score (nSPS) is 12.2. The first-order valence-corrected chi connectivity index (χ1v) is 8.94. The third-order valence-corrected chi connectivity index (χ3v) is 5.12. The van der Waals surface area contributed by atoms with Crippen LogP contribution in [0.25, 0.3) is 0 Å². The lowest BCUT2D eigenvalue weighted by atomic mass is 10.1. The van der Waals surface area contributed by atoms with Gasteiger partial charge in [0.15, 0.2) is 0 Å². The van der Waals surface area contributed by atoms with Crippen molar-refractivity contribution in [1.29, 1.82) is 0 Å². The van der Waals surface area contributed by atoms with Gasteiger partial charge in [-0.2, -0.15) is 0 Å². The summed E-state index contributed by atoms with van der Waals surface area (Å²) in [5, 5.41) is 5.04. The van der Waals surface area contributed by atoms with E-state index in [9.17, 15) is 18.0 Å². The van der Waals surface area contributed by atoms with Gasteiger partial charge in [0.25, 0.3) is 0 Å². The van der Waals surface area contributed by atoms with E-state index in [1.807, 2.05) is 0 Å². The van der Waals surface area contributed by atoms with E-state index in [0.29, 0.717) is 11.3 Å². The molecule has 0 aliphatic heterocycles. The van der Waals surface area contributed by atoms with Crippen LogP contribution in [0.15, 0.2) is 23.1 Å². The van der Waals surface area contributed by atoms with Gasteiger partial charge in [0.2, 0.25) is 21.8 Å². The second kappa shape index (κ2) is 9.71. The van der Waals surface area contributed by atoms with Gasteiger partial charge in [-0.25, -0.2) is 13.1 Å². The molecule has 8 nitrogen and oxygen atoms in total. The molecule has 0 aliphatic rings. The number of anilines is 1. The summed E-state index contributed by atoms with van der Waals surface area (Å²) in [6.07, 6.45) is 0. The summed E-state index contributed by atoms with van der Waals surface area (Å²) in [6, 6.07) is 3.87. The molecule has 5 N–H and O–H groups in total. The maximum atomic E-state index is 12.0. The first-order valence-electron chi connectivity index (χ1n) is 7.46. The Bertz CT molecular complexity index is 722. The highest BCUT2D eigenvalue weighted by Crippen LogP contribution is 2.22. The summed E-state index contributed by atoms with van der Waals surface area (Å²) in [6.45, 7) is 4.96.